The molecule has 0 heterocycles. The Hall–Kier alpha value is -1.58. The van der Waals surface area contributed by atoms with Gasteiger partial charge in [0.1, 0.15) is 12.4 Å². The summed E-state index contributed by atoms with van der Waals surface area (Å²) in [5.74, 6) is 0.891. The average Bonchev–Trinajstić information content (AvgIpc) is 2.50. The van der Waals surface area contributed by atoms with E-state index in [2.05, 4.69) is 31.2 Å². The third kappa shape index (κ3) is 4.19. The summed E-state index contributed by atoms with van der Waals surface area (Å²) in [6.45, 7) is 6.11. The van der Waals surface area contributed by atoms with Crippen molar-refractivity contribution in [2.45, 2.75) is 32.7 Å². The predicted molar refractivity (Wildman–Crippen MR) is 87.8 cm³/mol. The Morgan fingerprint density at radius 2 is 1.86 bits per heavy atom. The number of rotatable bonds is 8. The number of nitrogens with two attached hydrogens (primary N) is 1. The van der Waals surface area contributed by atoms with E-state index in [1.54, 1.807) is 0 Å². The van der Waals surface area contributed by atoms with Gasteiger partial charge in [0.2, 0.25) is 0 Å². The highest BCUT2D eigenvalue weighted by Gasteiger charge is 2.12. The molecule has 1 atom stereocenters. The van der Waals surface area contributed by atoms with Crippen molar-refractivity contribution in [3.63, 3.8) is 0 Å². The average molecular weight is 287 g/mol. The van der Waals surface area contributed by atoms with Crippen molar-refractivity contribution in [1.82, 2.24) is 0 Å². The molecule has 0 aliphatic carbocycles. The van der Waals surface area contributed by atoms with Crippen LogP contribution in [0, 0.1) is 0 Å². The Morgan fingerprint density at radius 1 is 1.05 bits per heavy atom. The summed E-state index contributed by atoms with van der Waals surface area (Å²) in [6, 6.07) is 12.3. The molecule has 0 radical (unpaired) electrons. The largest absolute Gasteiger partial charge is 0.490 e. The fraction of sp³-hybridized carbons (Fsp3) is 0.444. The van der Waals surface area contributed by atoms with Crippen LogP contribution in [-0.4, -0.2) is 19.8 Å². The van der Waals surface area contributed by atoms with Crippen molar-refractivity contribution in [3.05, 3.63) is 42.0 Å². The molecule has 21 heavy (non-hydrogen) atoms. The van der Waals surface area contributed by atoms with Crippen LogP contribution in [0.2, 0.25) is 0 Å². The van der Waals surface area contributed by atoms with Crippen molar-refractivity contribution in [1.29, 1.82) is 0 Å². The lowest BCUT2D eigenvalue weighted by Crippen LogP contribution is -2.12. The van der Waals surface area contributed by atoms with Gasteiger partial charge in [0.15, 0.2) is 0 Å². The van der Waals surface area contributed by atoms with E-state index in [9.17, 15) is 0 Å². The van der Waals surface area contributed by atoms with Crippen LogP contribution in [0.3, 0.4) is 0 Å². The summed E-state index contributed by atoms with van der Waals surface area (Å²) in [5, 5.41) is 2.28. The number of unbranched alkanes of at least 4 members (excludes halogenated alkanes) is 1. The maximum absolute atomic E-state index is 6.06. The summed E-state index contributed by atoms with van der Waals surface area (Å²) in [6.07, 6.45) is 2.25. The highest BCUT2D eigenvalue weighted by Crippen LogP contribution is 2.32. The number of hydrogen-bond donors (Lipinski definition) is 1. The van der Waals surface area contributed by atoms with Crippen molar-refractivity contribution in [3.8, 4) is 5.75 Å². The SMILES string of the molecule is CCCCOCCOc1c([C@H](C)N)ccc2ccccc12. The third-order valence-electron chi connectivity index (χ3n) is 3.52. The fourth-order valence-electron chi connectivity index (χ4n) is 2.33. The van der Waals surface area contributed by atoms with E-state index in [-0.39, 0.29) is 6.04 Å². The minimum atomic E-state index is -0.0504. The highest BCUT2D eigenvalue weighted by molar-refractivity contribution is 5.89. The lowest BCUT2D eigenvalue weighted by molar-refractivity contribution is 0.0981. The molecular weight excluding hydrogens is 262 g/mol. The maximum atomic E-state index is 6.06. The quantitative estimate of drug-likeness (QED) is 0.745. The molecule has 0 saturated heterocycles. The van der Waals surface area contributed by atoms with Gasteiger partial charge in [-0.15, -0.1) is 0 Å². The van der Waals surface area contributed by atoms with E-state index < -0.39 is 0 Å². The topological polar surface area (TPSA) is 44.5 Å². The van der Waals surface area contributed by atoms with Crippen molar-refractivity contribution >= 4 is 10.8 Å². The van der Waals surface area contributed by atoms with Gasteiger partial charge in [-0.2, -0.15) is 0 Å². The predicted octanol–water partition coefficient (Wildman–Crippen LogP) is 4.06. The molecule has 0 aliphatic rings. The fourth-order valence-corrected chi connectivity index (χ4v) is 2.33. The molecule has 3 nitrogen and oxygen atoms in total. The van der Waals surface area contributed by atoms with Crippen molar-refractivity contribution in [2.24, 2.45) is 5.73 Å². The minimum Gasteiger partial charge on any atom is -0.490 e. The second kappa shape index (κ2) is 8.01. The smallest absolute Gasteiger partial charge is 0.131 e. The second-order valence-electron chi connectivity index (χ2n) is 5.31. The Balaban J connectivity index is 2.10. The molecule has 2 rings (SSSR count). The molecule has 2 N–H and O–H groups in total. The van der Waals surface area contributed by atoms with E-state index in [1.807, 2.05) is 19.1 Å². The lowest BCUT2D eigenvalue weighted by atomic mass is 10.0. The molecular formula is C18H25NO2. The van der Waals surface area contributed by atoms with Crippen LogP contribution in [-0.2, 0) is 4.74 Å². The first kappa shape index (κ1) is 15.8. The second-order valence-corrected chi connectivity index (χ2v) is 5.31. The number of ether oxygens (including phenoxy) is 2. The van der Waals surface area contributed by atoms with Gasteiger partial charge in [0.05, 0.1) is 6.61 Å². The van der Waals surface area contributed by atoms with Crippen LogP contribution >= 0.6 is 0 Å². The van der Waals surface area contributed by atoms with Crippen LogP contribution in [0.15, 0.2) is 36.4 Å². The van der Waals surface area contributed by atoms with Crippen LogP contribution in [0.5, 0.6) is 5.75 Å². The molecule has 0 spiro atoms. The molecule has 0 fully saturated rings. The number of hydrogen-bond acceptors (Lipinski definition) is 3. The van der Waals surface area contributed by atoms with Crippen LogP contribution < -0.4 is 10.5 Å². The number of fused-ring (bicyclic) bond motifs is 1. The Bertz CT molecular complexity index is 566. The Kier molecular flexibility index (Phi) is 6.03. The van der Waals surface area contributed by atoms with Crippen LogP contribution in [0.25, 0.3) is 10.8 Å². The van der Waals surface area contributed by atoms with E-state index in [0.29, 0.717) is 13.2 Å². The molecule has 0 bridgehead atoms. The monoisotopic (exact) mass is 287 g/mol. The summed E-state index contributed by atoms with van der Waals surface area (Å²) < 4.78 is 11.5. The summed E-state index contributed by atoms with van der Waals surface area (Å²) in [4.78, 5) is 0. The molecule has 0 saturated carbocycles. The third-order valence-corrected chi connectivity index (χ3v) is 3.52. The first-order chi connectivity index (χ1) is 10.2. The zero-order valence-corrected chi connectivity index (χ0v) is 13.0. The molecule has 2 aromatic rings. The Morgan fingerprint density at radius 3 is 2.62 bits per heavy atom. The van der Waals surface area contributed by atoms with Gasteiger partial charge >= 0.3 is 0 Å². The molecule has 0 aromatic heterocycles. The first-order valence-electron chi connectivity index (χ1n) is 7.71. The van der Waals surface area contributed by atoms with E-state index >= 15 is 0 Å². The zero-order valence-electron chi connectivity index (χ0n) is 13.0. The molecule has 0 unspecified atom stereocenters. The normalized spacial score (nSPS) is 12.5. The van der Waals surface area contributed by atoms with E-state index in [0.717, 1.165) is 36.1 Å². The summed E-state index contributed by atoms with van der Waals surface area (Å²) in [7, 11) is 0. The zero-order chi connectivity index (χ0) is 15.1. The van der Waals surface area contributed by atoms with Gasteiger partial charge in [0.25, 0.3) is 0 Å². The van der Waals surface area contributed by atoms with Gasteiger partial charge < -0.3 is 15.2 Å². The van der Waals surface area contributed by atoms with Gasteiger partial charge in [-0.1, -0.05) is 49.7 Å². The molecule has 114 valence electrons. The number of benzene rings is 2. The molecule has 0 amide bonds. The van der Waals surface area contributed by atoms with E-state index in [1.165, 1.54) is 5.39 Å². The van der Waals surface area contributed by atoms with E-state index in [4.69, 9.17) is 15.2 Å². The standard InChI is InChI=1S/C18H25NO2/c1-3-4-11-20-12-13-21-18-16(14(2)19)10-9-15-7-5-6-8-17(15)18/h5-10,14H,3-4,11-13,19H2,1-2H3/t14-/m0/s1. The molecule has 2 aromatic carbocycles. The summed E-state index contributed by atoms with van der Waals surface area (Å²) in [5.41, 5.74) is 7.11. The van der Waals surface area contributed by atoms with Gasteiger partial charge in [-0.3, -0.25) is 0 Å². The molecule has 3 heteroatoms. The molecule has 0 aliphatic heterocycles. The highest BCUT2D eigenvalue weighted by atomic mass is 16.5. The minimum absolute atomic E-state index is 0.0504. The lowest BCUT2D eigenvalue weighted by Gasteiger charge is -2.16. The van der Waals surface area contributed by atoms with Crippen molar-refractivity contribution in [2.75, 3.05) is 19.8 Å². The summed E-state index contributed by atoms with van der Waals surface area (Å²) >= 11 is 0. The Labute approximate surface area is 127 Å². The van der Waals surface area contributed by atoms with Crippen LogP contribution in [0.4, 0.5) is 0 Å². The van der Waals surface area contributed by atoms with Gasteiger partial charge in [-0.25, -0.2) is 0 Å². The first-order valence-corrected chi connectivity index (χ1v) is 7.71. The van der Waals surface area contributed by atoms with Crippen molar-refractivity contribution < 1.29 is 9.47 Å². The van der Waals surface area contributed by atoms with Gasteiger partial charge in [0, 0.05) is 23.6 Å². The van der Waals surface area contributed by atoms with Crippen LogP contribution in [0.1, 0.15) is 38.3 Å². The van der Waals surface area contributed by atoms with Gasteiger partial charge in [-0.05, 0) is 18.7 Å². The maximum Gasteiger partial charge on any atom is 0.131 e.